The number of aromatic nitrogens is 2. The monoisotopic (exact) mass is 551 g/mol. The molecule has 0 bridgehead atoms. The third-order valence-electron chi connectivity index (χ3n) is 6.19. The second-order valence-corrected chi connectivity index (χ2v) is 9.36. The van der Waals surface area contributed by atoms with Gasteiger partial charge in [-0.1, -0.05) is 6.08 Å². The summed E-state index contributed by atoms with van der Waals surface area (Å²) in [4.78, 5) is 18.9. The van der Waals surface area contributed by atoms with E-state index in [-0.39, 0.29) is 28.7 Å². The lowest BCUT2D eigenvalue weighted by atomic mass is 9.85. The van der Waals surface area contributed by atoms with Crippen molar-refractivity contribution in [2.75, 3.05) is 32.8 Å². The van der Waals surface area contributed by atoms with Crippen LogP contribution in [0.1, 0.15) is 34.8 Å². The smallest absolute Gasteiger partial charge is 0.269 e. The van der Waals surface area contributed by atoms with E-state index in [0.717, 1.165) is 0 Å². The Morgan fingerprint density at radius 1 is 1.03 bits per heavy atom. The molecule has 0 spiro atoms. The summed E-state index contributed by atoms with van der Waals surface area (Å²) in [5, 5.41) is 11.2. The van der Waals surface area contributed by atoms with E-state index in [0.29, 0.717) is 44.9 Å². The van der Waals surface area contributed by atoms with E-state index in [1.165, 1.54) is 45.7 Å². The number of nitrogens with zero attached hydrogens (tertiary/aromatic N) is 3. The number of anilines is 2. The van der Waals surface area contributed by atoms with Gasteiger partial charge in [-0.15, -0.1) is 0 Å². The van der Waals surface area contributed by atoms with Crippen molar-refractivity contribution in [2.45, 2.75) is 12.5 Å². The molecule has 4 rings (SSSR count). The van der Waals surface area contributed by atoms with Crippen molar-refractivity contribution in [1.82, 2.24) is 9.97 Å². The Kier molecular flexibility index (Phi) is 7.93. The average molecular weight is 552 g/mol. The number of ether oxygens (including phenoxy) is 3. The highest BCUT2D eigenvalue weighted by Gasteiger charge is 2.27. The number of nitrogen functional groups attached to an aromatic ring is 2. The molecule has 12 nitrogen and oxygen atoms in total. The maximum absolute atomic E-state index is 11.8. The fraction of sp³-hybridized carbons (Fsp3) is 0.192. The van der Waals surface area contributed by atoms with Crippen LogP contribution in [0.5, 0.6) is 11.5 Å². The molecule has 0 saturated carbocycles. The molecule has 1 aliphatic carbocycles. The zero-order valence-electron chi connectivity index (χ0n) is 21.2. The van der Waals surface area contributed by atoms with E-state index in [1.54, 1.807) is 30.3 Å². The van der Waals surface area contributed by atoms with Crippen LogP contribution in [-0.4, -0.2) is 49.5 Å². The summed E-state index contributed by atoms with van der Waals surface area (Å²) < 4.78 is 40.9. The maximum Gasteiger partial charge on any atom is 0.269 e. The summed E-state index contributed by atoms with van der Waals surface area (Å²) in [6, 6.07) is 9.34. The van der Waals surface area contributed by atoms with Crippen molar-refractivity contribution >= 4 is 43.8 Å². The fourth-order valence-electron chi connectivity index (χ4n) is 4.38. The van der Waals surface area contributed by atoms with Gasteiger partial charge >= 0.3 is 0 Å². The summed E-state index contributed by atoms with van der Waals surface area (Å²) in [6.45, 7) is 0. The maximum atomic E-state index is 11.8. The molecule has 0 radical (unpaired) electrons. The van der Waals surface area contributed by atoms with Gasteiger partial charge in [0.1, 0.15) is 23.4 Å². The van der Waals surface area contributed by atoms with Gasteiger partial charge in [-0.2, -0.15) is 13.4 Å². The molecule has 0 amide bonds. The van der Waals surface area contributed by atoms with Gasteiger partial charge in [-0.3, -0.25) is 10.1 Å². The highest BCUT2D eigenvalue weighted by Crippen LogP contribution is 2.46. The number of allylic oxidation sites excluding steroid dienone is 4. The lowest BCUT2D eigenvalue weighted by Crippen LogP contribution is -2.12. The Hall–Kier alpha value is -4.75. The van der Waals surface area contributed by atoms with Crippen LogP contribution in [0.2, 0.25) is 0 Å². The predicted molar refractivity (Wildman–Crippen MR) is 147 cm³/mol. The van der Waals surface area contributed by atoms with Gasteiger partial charge in [-0.05, 0) is 52.6 Å². The minimum Gasteiger partial charge on any atom is -0.496 e. The van der Waals surface area contributed by atoms with Gasteiger partial charge in [0.2, 0.25) is 16.2 Å². The predicted octanol–water partition coefficient (Wildman–Crippen LogP) is 3.22. The van der Waals surface area contributed by atoms with Crippen molar-refractivity contribution in [2.24, 2.45) is 0 Å². The van der Waals surface area contributed by atoms with Gasteiger partial charge in [0.25, 0.3) is 5.69 Å². The van der Waals surface area contributed by atoms with Gasteiger partial charge < -0.3 is 25.7 Å². The van der Waals surface area contributed by atoms with Crippen LogP contribution in [0, 0.1) is 10.1 Å². The number of non-ortho nitro benzene ring substituents is 1. The molecule has 1 aromatic heterocycles. The Labute approximate surface area is 225 Å². The number of nitro groups is 1. The van der Waals surface area contributed by atoms with Crippen molar-refractivity contribution in [3.63, 3.8) is 0 Å². The molecule has 0 saturated heterocycles. The van der Waals surface area contributed by atoms with Crippen LogP contribution in [0.25, 0.3) is 11.1 Å². The normalized spacial score (nSPS) is 13.8. The molecule has 202 valence electrons. The molecule has 39 heavy (non-hydrogen) atoms. The summed E-state index contributed by atoms with van der Waals surface area (Å²) in [5.41, 5.74) is 15.0. The summed E-state index contributed by atoms with van der Waals surface area (Å²) in [6.07, 6.45) is 4.22. The van der Waals surface area contributed by atoms with Crippen LogP contribution in [0.4, 0.5) is 17.5 Å². The van der Waals surface area contributed by atoms with E-state index in [2.05, 4.69) is 9.97 Å². The van der Waals surface area contributed by atoms with Crippen LogP contribution >= 0.6 is 0 Å². The Balaban J connectivity index is 1.90. The fourth-order valence-corrected chi connectivity index (χ4v) is 4.81. The number of rotatable bonds is 8. The van der Waals surface area contributed by atoms with Crippen molar-refractivity contribution in [3.05, 3.63) is 87.1 Å². The van der Waals surface area contributed by atoms with Gasteiger partial charge in [-0.25, -0.2) is 4.98 Å². The molecular weight excluding hydrogens is 526 g/mol. The number of nitro benzene ring substituents is 1. The molecule has 1 heterocycles. The zero-order chi connectivity index (χ0) is 28.3. The highest BCUT2D eigenvalue weighted by atomic mass is 32.2. The number of hydrogen-bond donors (Lipinski definition) is 2. The standard InChI is InChI=1S/C26H25N5O7S/c1-36-21-10-15(24(38-3)20-13-29-26(28)30-25(20)27)11-22(37-2)23(21)18-9-8-17(39(34)35)12-19(18)14-4-6-16(7-5-14)31(32)33/h4-7,9-13,24H,8H2,1-3H3,(H4,27,28,29,30). The molecule has 1 aliphatic rings. The van der Waals surface area contributed by atoms with E-state index in [4.69, 9.17) is 25.7 Å². The quantitative estimate of drug-likeness (QED) is 0.238. The average Bonchev–Trinajstić information content (AvgIpc) is 2.93. The molecule has 13 heteroatoms. The van der Waals surface area contributed by atoms with E-state index in [1.807, 2.05) is 0 Å². The van der Waals surface area contributed by atoms with Gasteiger partial charge in [0.15, 0.2) is 0 Å². The number of nitrogens with two attached hydrogens (primary N) is 2. The molecule has 0 aliphatic heterocycles. The summed E-state index contributed by atoms with van der Waals surface area (Å²) in [5.74, 6) is 1.00. The zero-order valence-corrected chi connectivity index (χ0v) is 22.1. The molecular formula is C26H25N5O7S. The first-order valence-corrected chi connectivity index (χ1v) is 12.5. The Morgan fingerprint density at radius 3 is 2.18 bits per heavy atom. The minimum atomic E-state index is -2.45. The Bertz CT molecular complexity index is 1610. The molecule has 4 N–H and O–H groups in total. The first-order chi connectivity index (χ1) is 18.7. The number of methoxy groups -OCH3 is 3. The van der Waals surface area contributed by atoms with Crippen molar-refractivity contribution in [1.29, 1.82) is 0 Å². The third kappa shape index (κ3) is 5.44. The molecule has 1 unspecified atom stereocenters. The second kappa shape index (κ2) is 11.3. The largest absolute Gasteiger partial charge is 0.496 e. The molecule has 0 fully saturated rings. The minimum absolute atomic E-state index is 0.0293. The van der Waals surface area contributed by atoms with Gasteiger partial charge in [0.05, 0.1) is 29.6 Å². The van der Waals surface area contributed by atoms with Crippen LogP contribution in [-0.2, 0) is 15.0 Å². The molecule has 1 atom stereocenters. The summed E-state index contributed by atoms with van der Waals surface area (Å²) in [7, 11) is 2.04. The van der Waals surface area contributed by atoms with E-state index >= 15 is 0 Å². The topological polar surface area (TPSA) is 183 Å². The third-order valence-corrected chi connectivity index (χ3v) is 6.90. The van der Waals surface area contributed by atoms with Gasteiger partial charge in [0, 0.05) is 37.4 Å². The highest BCUT2D eigenvalue weighted by molar-refractivity contribution is 7.73. The van der Waals surface area contributed by atoms with E-state index < -0.39 is 21.3 Å². The van der Waals surface area contributed by atoms with E-state index in [9.17, 15) is 18.5 Å². The van der Waals surface area contributed by atoms with Crippen LogP contribution < -0.4 is 20.9 Å². The first kappa shape index (κ1) is 27.3. The Morgan fingerprint density at radius 2 is 1.67 bits per heavy atom. The molecule has 3 aromatic rings. The summed E-state index contributed by atoms with van der Waals surface area (Å²) >= 11 is 0. The lowest BCUT2D eigenvalue weighted by molar-refractivity contribution is -0.384. The molecule has 2 aromatic carbocycles. The lowest BCUT2D eigenvalue weighted by Gasteiger charge is -2.24. The SMILES string of the molecule is COc1cc(C(OC)c2cnc(N)nc2N)cc(OC)c1C1=CCC(=S(=O)=O)C=C1c1ccc([N+](=O)[O-])cc1. The van der Waals surface area contributed by atoms with Crippen LogP contribution in [0.15, 0.2) is 54.7 Å². The van der Waals surface area contributed by atoms with Crippen molar-refractivity contribution < 1.29 is 27.6 Å². The van der Waals surface area contributed by atoms with Crippen LogP contribution in [0.3, 0.4) is 0 Å². The number of benzene rings is 2. The van der Waals surface area contributed by atoms with Crippen molar-refractivity contribution in [3.8, 4) is 11.5 Å². The second-order valence-electron chi connectivity index (χ2n) is 8.37. The number of hydrogen-bond acceptors (Lipinski definition) is 11. The first-order valence-electron chi connectivity index (χ1n) is 11.5.